The third-order valence-electron chi connectivity index (χ3n) is 5.31. The van der Waals surface area contributed by atoms with Gasteiger partial charge in [0.05, 0.1) is 18.4 Å². The molecule has 31 heavy (non-hydrogen) atoms. The van der Waals surface area contributed by atoms with Gasteiger partial charge in [0.25, 0.3) is 11.8 Å². The first-order valence-electron chi connectivity index (χ1n) is 9.76. The number of imide groups is 1. The number of ether oxygens (including phenoxy) is 1. The molecule has 3 aromatic rings. The number of halogens is 1. The zero-order valence-electron chi connectivity index (χ0n) is 17.4. The van der Waals surface area contributed by atoms with Crippen molar-refractivity contribution in [1.82, 2.24) is 0 Å². The highest BCUT2D eigenvalue weighted by molar-refractivity contribution is 6.46. The Morgan fingerprint density at radius 1 is 0.871 bits per heavy atom. The minimum Gasteiger partial charge on any atom is -0.497 e. The third-order valence-corrected chi connectivity index (χ3v) is 5.54. The number of aryl methyl sites for hydroxylation is 2. The van der Waals surface area contributed by atoms with Crippen LogP contribution in [-0.2, 0) is 9.59 Å². The Balaban J connectivity index is 1.82. The second-order valence-electron chi connectivity index (χ2n) is 7.33. The zero-order chi connectivity index (χ0) is 22.1. The summed E-state index contributed by atoms with van der Waals surface area (Å²) in [4.78, 5) is 28.0. The lowest BCUT2D eigenvalue weighted by Crippen LogP contribution is -2.32. The monoisotopic (exact) mass is 432 g/mol. The fourth-order valence-electron chi connectivity index (χ4n) is 3.48. The molecule has 0 atom stereocenters. The molecule has 0 unspecified atom stereocenters. The molecule has 1 aliphatic rings. The summed E-state index contributed by atoms with van der Waals surface area (Å²) in [7, 11) is 1.59. The van der Waals surface area contributed by atoms with E-state index < -0.39 is 11.8 Å². The number of rotatable bonds is 5. The minimum atomic E-state index is -0.434. The van der Waals surface area contributed by atoms with Gasteiger partial charge in [0.1, 0.15) is 11.4 Å². The third kappa shape index (κ3) is 3.92. The molecular weight excluding hydrogens is 412 g/mol. The molecule has 5 nitrogen and oxygen atoms in total. The van der Waals surface area contributed by atoms with Crippen LogP contribution < -0.4 is 15.0 Å². The van der Waals surface area contributed by atoms with Crippen molar-refractivity contribution in [3.05, 3.63) is 94.1 Å². The fourth-order valence-corrected chi connectivity index (χ4v) is 3.66. The van der Waals surface area contributed by atoms with Gasteiger partial charge in [-0.1, -0.05) is 35.9 Å². The van der Waals surface area contributed by atoms with Gasteiger partial charge >= 0.3 is 0 Å². The Bertz CT molecular complexity index is 1220. The van der Waals surface area contributed by atoms with Gasteiger partial charge in [0, 0.05) is 10.7 Å². The molecule has 0 aromatic heterocycles. The van der Waals surface area contributed by atoms with Crippen LogP contribution in [0.1, 0.15) is 16.7 Å². The molecule has 0 saturated heterocycles. The summed E-state index contributed by atoms with van der Waals surface area (Å²) in [6.45, 7) is 3.98. The number of anilines is 2. The van der Waals surface area contributed by atoms with Crippen molar-refractivity contribution in [1.29, 1.82) is 0 Å². The van der Waals surface area contributed by atoms with Gasteiger partial charge < -0.3 is 10.1 Å². The average Bonchev–Trinajstić information content (AvgIpc) is 3.00. The van der Waals surface area contributed by atoms with E-state index in [2.05, 4.69) is 5.32 Å². The summed E-state index contributed by atoms with van der Waals surface area (Å²) in [6.07, 6.45) is 0. The Morgan fingerprint density at radius 2 is 1.61 bits per heavy atom. The second-order valence-corrected chi connectivity index (χ2v) is 7.76. The summed E-state index contributed by atoms with van der Waals surface area (Å²) in [6, 6.07) is 19.6. The molecule has 1 aliphatic heterocycles. The number of nitrogens with zero attached hydrogens (tertiary/aromatic N) is 1. The maximum absolute atomic E-state index is 13.5. The van der Waals surface area contributed by atoms with Crippen LogP contribution in [-0.4, -0.2) is 18.9 Å². The van der Waals surface area contributed by atoms with Crippen molar-refractivity contribution in [3.63, 3.8) is 0 Å². The average molecular weight is 433 g/mol. The summed E-state index contributed by atoms with van der Waals surface area (Å²) in [5.74, 6) is -0.133. The molecule has 1 N–H and O–H groups in total. The number of hydrogen-bond acceptors (Lipinski definition) is 4. The molecule has 0 aliphatic carbocycles. The molecule has 0 spiro atoms. The van der Waals surface area contributed by atoms with E-state index in [1.807, 2.05) is 32.0 Å². The van der Waals surface area contributed by atoms with Crippen molar-refractivity contribution < 1.29 is 14.3 Å². The number of hydrogen-bond donors (Lipinski definition) is 1. The van der Waals surface area contributed by atoms with Crippen LogP contribution >= 0.6 is 11.6 Å². The van der Waals surface area contributed by atoms with E-state index in [1.54, 1.807) is 55.6 Å². The maximum atomic E-state index is 13.5. The quantitative estimate of drug-likeness (QED) is 0.551. The van der Waals surface area contributed by atoms with E-state index in [4.69, 9.17) is 16.3 Å². The van der Waals surface area contributed by atoms with E-state index in [9.17, 15) is 9.59 Å². The largest absolute Gasteiger partial charge is 0.497 e. The molecule has 3 aromatic carbocycles. The minimum absolute atomic E-state index is 0.221. The number of carbonyl (C=O) groups is 2. The molecule has 0 saturated carbocycles. The molecule has 156 valence electrons. The van der Waals surface area contributed by atoms with Gasteiger partial charge in [-0.2, -0.15) is 0 Å². The Kier molecular flexibility index (Phi) is 5.53. The molecule has 6 heteroatoms. The lowest BCUT2D eigenvalue weighted by molar-refractivity contribution is -0.120. The summed E-state index contributed by atoms with van der Waals surface area (Å²) in [5.41, 5.74) is 4.47. The molecule has 4 rings (SSSR count). The fraction of sp³-hybridized carbons (Fsp3) is 0.120. The summed E-state index contributed by atoms with van der Waals surface area (Å²) in [5, 5.41) is 3.60. The first kappa shape index (κ1) is 20.7. The van der Waals surface area contributed by atoms with Crippen LogP contribution in [0.2, 0.25) is 5.02 Å². The van der Waals surface area contributed by atoms with Gasteiger partial charge in [-0.05, 0) is 73.0 Å². The number of nitrogens with one attached hydrogen (secondary N) is 1. The lowest BCUT2D eigenvalue weighted by atomic mass is 9.99. The van der Waals surface area contributed by atoms with Crippen LogP contribution in [0, 0.1) is 13.8 Å². The highest BCUT2D eigenvalue weighted by Gasteiger charge is 2.40. The molecule has 2 amide bonds. The zero-order valence-corrected chi connectivity index (χ0v) is 18.2. The Labute approximate surface area is 185 Å². The van der Waals surface area contributed by atoms with Crippen molar-refractivity contribution in [3.8, 4) is 5.75 Å². The van der Waals surface area contributed by atoms with Crippen LogP contribution in [0.5, 0.6) is 5.75 Å². The van der Waals surface area contributed by atoms with Gasteiger partial charge in [0.2, 0.25) is 0 Å². The number of amides is 2. The van der Waals surface area contributed by atoms with Gasteiger partial charge in [-0.3, -0.25) is 9.59 Å². The smallest absolute Gasteiger partial charge is 0.282 e. The van der Waals surface area contributed by atoms with Gasteiger partial charge in [0.15, 0.2) is 0 Å². The Morgan fingerprint density at radius 3 is 2.26 bits per heavy atom. The highest BCUT2D eigenvalue weighted by Crippen LogP contribution is 2.35. The second kappa shape index (κ2) is 8.28. The highest BCUT2D eigenvalue weighted by atomic mass is 35.5. The number of carbonyl (C=O) groups excluding carboxylic acids is 2. The number of methoxy groups -OCH3 is 1. The van der Waals surface area contributed by atoms with E-state index in [-0.39, 0.29) is 5.70 Å². The summed E-state index contributed by atoms with van der Waals surface area (Å²) >= 11 is 6.11. The van der Waals surface area contributed by atoms with Crippen molar-refractivity contribution in [2.75, 3.05) is 17.3 Å². The topological polar surface area (TPSA) is 58.6 Å². The van der Waals surface area contributed by atoms with E-state index >= 15 is 0 Å². The van der Waals surface area contributed by atoms with Crippen LogP contribution in [0.15, 0.2) is 72.4 Å². The van der Waals surface area contributed by atoms with Crippen LogP contribution in [0.3, 0.4) is 0 Å². The van der Waals surface area contributed by atoms with Crippen LogP contribution in [0.4, 0.5) is 11.4 Å². The lowest BCUT2D eigenvalue weighted by Gasteiger charge is -2.15. The normalized spacial score (nSPS) is 13.7. The van der Waals surface area contributed by atoms with Crippen LogP contribution in [0.25, 0.3) is 5.57 Å². The van der Waals surface area contributed by atoms with Crippen molar-refractivity contribution >= 4 is 40.4 Å². The first-order chi connectivity index (χ1) is 14.9. The van der Waals surface area contributed by atoms with E-state index in [0.29, 0.717) is 33.3 Å². The van der Waals surface area contributed by atoms with Crippen molar-refractivity contribution in [2.45, 2.75) is 13.8 Å². The molecule has 1 heterocycles. The molecular formula is C25H21ClN2O3. The van der Waals surface area contributed by atoms with Gasteiger partial charge in [-0.25, -0.2) is 4.90 Å². The van der Waals surface area contributed by atoms with Crippen molar-refractivity contribution in [2.24, 2.45) is 0 Å². The SMILES string of the molecule is COc1ccc(NC2=C(c3ccc(C)c(C)c3)C(=O)N(c3cccc(Cl)c3)C2=O)cc1. The predicted octanol–water partition coefficient (Wildman–Crippen LogP) is 5.36. The Hall–Kier alpha value is -3.57. The van der Waals surface area contributed by atoms with E-state index in [0.717, 1.165) is 16.0 Å². The maximum Gasteiger partial charge on any atom is 0.282 e. The van der Waals surface area contributed by atoms with Gasteiger partial charge in [-0.15, -0.1) is 0 Å². The standard InChI is InChI=1S/C25H21ClN2O3/c1-15-7-8-17(13-16(15)2)22-23(27-19-9-11-21(31-3)12-10-19)25(30)28(24(22)29)20-6-4-5-18(26)14-20/h4-14,27H,1-3H3. The molecule has 0 radical (unpaired) electrons. The summed E-state index contributed by atoms with van der Waals surface area (Å²) < 4.78 is 5.20. The first-order valence-corrected chi connectivity index (χ1v) is 10.1. The number of benzene rings is 3. The molecule has 0 bridgehead atoms. The van der Waals surface area contributed by atoms with E-state index in [1.165, 1.54) is 0 Å². The molecule has 0 fully saturated rings. The predicted molar refractivity (Wildman–Crippen MR) is 123 cm³/mol.